The molecule has 1 unspecified atom stereocenters. The first kappa shape index (κ1) is 15.4. The smallest absolute Gasteiger partial charge is 0.228 e. The zero-order valence-electron chi connectivity index (χ0n) is 13.2. The number of carbonyl (C=O) groups is 1. The number of tetrazole rings is 1. The van der Waals surface area contributed by atoms with E-state index in [1.165, 1.54) is 0 Å². The van der Waals surface area contributed by atoms with Gasteiger partial charge in [-0.1, -0.05) is 6.92 Å². The van der Waals surface area contributed by atoms with Crippen molar-refractivity contribution in [3.05, 3.63) is 24.0 Å². The number of methoxy groups -OCH3 is 1. The summed E-state index contributed by atoms with van der Waals surface area (Å²) >= 11 is 0. The van der Waals surface area contributed by atoms with E-state index in [1.54, 1.807) is 30.8 Å². The predicted octanol–water partition coefficient (Wildman–Crippen LogP) is 1.08. The van der Waals surface area contributed by atoms with Crippen molar-refractivity contribution >= 4 is 11.6 Å². The summed E-state index contributed by atoms with van der Waals surface area (Å²) in [6.07, 6.45) is 2.18. The molecule has 0 radical (unpaired) electrons. The first-order valence-electron chi connectivity index (χ1n) is 7.61. The van der Waals surface area contributed by atoms with Gasteiger partial charge in [0, 0.05) is 24.1 Å². The van der Waals surface area contributed by atoms with Crippen LogP contribution in [0.15, 0.2) is 18.2 Å². The van der Waals surface area contributed by atoms with Gasteiger partial charge in [-0.25, -0.2) is 0 Å². The monoisotopic (exact) mass is 316 g/mol. The Labute approximate surface area is 134 Å². The second-order valence-corrected chi connectivity index (χ2v) is 5.74. The van der Waals surface area contributed by atoms with E-state index in [0.29, 0.717) is 29.6 Å². The second kappa shape index (κ2) is 6.33. The molecular weight excluding hydrogens is 296 g/mol. The normalized spacial score (nSPS) is 15.3. The molecule has 2 aromatic rings. The quantitative estimate of drug-likeness (QED) is 0.825. The number of carbonyl (C=O) groups excluding carboxylic acids is 1. The van der Waals surface area contributed by atoms with Crippen molar-refractivity contribution in [3.8, 4) is 11.4 Å². The fraction of sp³-hybridized carbons (Fsp3) is 0.467. The first-order chi connectivity index (χ1) is 11.1. The number of nitrogens with one attached hydrogen (secondary N) is 1. The molecule has 1 aromatic carbocycles. The highest BCUT2D eigenvalue weighted by Gasteiger charge is 2.30. The maximum Gasteiger partial charge on any atom is 0.228 e. The molecule has 1 heterocycles. The lowest BCUT2D eigenvalue weighted by Gasteiger charge is -2.14. The largest absolute Gasteiger partial charge is 0.494 e. The van der Waals surface area contributed by atoms with Gasteiger partial charge in [-0.15, -0.1) is 5.10 Å². The van der Waals surface area contributed by atoms with Gasteiger partial charge >= 0.3 is 0 Å². The van der Waals surface area contributed by atoms with Gasteiger partial charge in [-0.2, -0.15) is 4.68 Å². The Morgan fingerprint density at radius 2 is 2.30 bits per heavy atom. The minimum atomic E-state index is -0.254. The highest BCUT2D eigenvalue weighted by molar-refractivity contribution is 5.92. The van der Waals surface area contributed by atoms with Gasteiger partial charge in [-0.05, 0) is 41.5 Å². The van der Waals surface area contributed by atoms with Crippen molar-refractivity contribution in [1.29, 1.82) is 0 Å². The zero-order valence-corrected chi connectivity index (χ0v) is 13.2. The van der Waals surface area contributed by atoms with Crippen LogP contribution in [0.2, 0.25) is 0 Å². The van der Waals surface area contributed by atoms with Crippen LogP contribution in [-0.4, -0.2) is 39.8 Å². The number of hydrogen-bond acceptors (Lipinski definition) is 6. The van der Waals surface area contributed by atoms with Crippen molar-refractivity contribution < 1.29 is 9.53 Å². The molecule has 0 spiro atoms. The van der Waals surface area contributed by atoms with E-state index in [4.69, 9.17) is 10.5 Å². The van der Waals surface area contributed by atoms with E-state index in [0.717, 1.165) is 18.7 Å². The number of nitrogens with two attached hydrogens (primary N) is 1. The number of benzene rings is 1. The van der Waals surface area contributed by atoms with Crippen molar-refractivity contribution in [2.75, 3.05) is 19.0 Å². The van der Waals surface area contributed by atoms with Gasteiger partial charge < -0.3 is 15.8 Å². The summed E-state index contributed by atoms with van der Waals surface area (Å²) in [5.41, 5.74) is 6.89. The molecule has 1 aliphatic carbocycles. The molecule has 1 fully saturated rings. The first-order valence-corrected chi connectivity index (χ1v) is 7.61. The van der Waals surface area contributed by atoms with E-state index >= 15 is 0 Å². The Morgan fingerprint density at radius 3 is 2.96 bits per heavy atom. The summed E-state index contributed by atoms with van der Waals surface area (Å²) < 4.78 is 7.08. The molecule has 1 aliphatic rings. The van der Waals surface area contributed by atoms with Crippen molar-refractivity contribution in [2.24, 2.45) is 11.7 Å². The van der Waals surface area contributed by atoms with Crippen LogP contribution in [0.1, 0.15) is 31.5 Å². The summed E-state index contributed by atoms with van der Waals surface area (Å²) in [5, 5.41) is 14.8. The van der Waals surface area contributed by atoms with Gasteiger partial charge in [0.25, 0.3) is 0 Å². The lowest BCUT2D eigenvalue weighted by molar-refractivity contribution is -0.119. The minimum Gasteiger partial charge on any atom is -0.494 e. The second-order valence-electron chi connectivity index (χ2n) is 5.74. The zero-order chi connectivity index (χ0) is 16.4. The third kappa shape index (κ3) is 3.16. The highest BCUT2D eigenvalue weighted by atomic mass is 16.5. The molecule has 0 bridgehead atoms. The van der Waals surface area contributed by atoms with E-state index in [2.05, 4.69) is 20.8 Å². The summed E-state index contributed by atoms with van der Waals surface area (Å²) in [4.78, 5) is 12.0. The lowest BCUT2D eigenvalue weighted by atomic mass is 10.1. The van der Waals surface area contributed by atoms with Gasteiger partial charge in [0.15, 0.2) is 5.82 Å². The topological polar surface area (TPSA) is 108 Å². The number of aromatic nitrogens is 4. The number of amides is 1. The molecule has 23 heavy (non-hydrogen) atoms. The van der Waals surface area contributed by atoms with E-state index in [1.807, 2.05) is 6.07 Å². The van der Waals surface area contributed by atoms with Crippen LogP contribution < -0.4 is 15.8 Å². The van der Waals surface area contributed by atoms with E-state index < -0.39 is 0 Å². The maximum absolute atomic E-state index is 12.0. The van der Waals surface area contributed by atoms with Crippen molar-refractivity contribution in [2.45, 2.75) is 25.7 Å². The van der Waals surface area contributed by atoms with Crippen molar-refractivity contribution in [1.82, 2.24) is 20.2 Å². The van der Waals surface area contributed by atoms with Gasteiger partial charge in [0.05, 0.1) is 7.11 Å². The fourth-order valence-electron chi connectivity index (χ4n) is 2.27. The summed E-state index contributed by atoms with van der Waals surface area (Å²) in [7, 11) is 1.59. The molecule has 1 aromatic heterocycles. The molecule has 1 atom stereocenters. The molecule has 8 nitrogen and oxygen atoms in total. The number of anilines is 1. The molecular formula is C15H20N6O2. The molecule has 3 N–H and O–H groups in total. The Bertz CT molecular complexity index is 710. The number of nitrogens with zero attached hydrogens (tertiary/aromatic N) is 4. The third-order valence-electron chi connectivity index (χ3n) is 3.91. The predicted molar refractivity (Wildman–Crippen MR) is 84.5 cm³/mol. The van der Waals surface area contributed by atoms with E-state index in [9.17, 15) is 4.79 Å². The minimum absolute atomic E-state index is 0.122. The van der Waals surface area contributed by atoms with Crippen LogP contribution in [0.5, 0.6) is 5.75 Å². The molecule has 8 heteroatoms. The Morgan fingerprint density at radius 1 is 1.52 bits per heavy atom. The van der Waals surface area contributed by atoms with Crippen LogP contribution in [-0.2, 0) is 4.79 Å². The van der Waals surface area contributed by atoms with Crippen LogP contribution >= 0.6 is 0 Å². The van der Waals surface area contributed by atoms with Gasteiger partial charge in [-0.3, -0.25) is 4.79 Å². The number of hydrogen-bond donors (Lipinski definition) is 2. The molecule has 0 aliphatic heterocycles. The van der Waals surface area contributed by atoms with Crippen LogP contribution in [0.4, 0.5) is 5.69 Å². The standard InChI is InChI=1S/C15H20N6O2/c1-9(8-16)15(22)17-11-5-6-13(23-2)12(7-11)21-14(10-3-4-10)18-19-20-21/h5-7,9-10H,3-4,8,16H2,1-2H3,(H,17,22). The van der Waals surface area contributed by atoms with Crippen molar-refractivity contribution in [3.63, 3.8) is 0 Å². The highest BCUT2D eigenvalue weighted by Crippen LogP contribution is 2.40. The summed E-state index contributed by atoms with van der Waals surface area (Å²) in [6, 6.07) is 5.38. The fourth-order valence-corrected chi connectivity index (χ4v) is 2.27. The molecule has 1 saturated carbocycles. The Balaban J connectivity index is 1.93. The van der Waals surface area contributed by atoms with E-state index in [-0.39, 0.29) is 11.8 Å². The van der Waals surface area contributed by atoms with Crippen LogP contribution in [0, 0.1) is 5.92 Å². The molecule has 1 amide bonds. The van der Waals surface area contributed by atoms with Gasteiger partial charge in [0.1, 0.15) is 11.4 Å². The molecule has 122 valence electrons. The molecule has 0 saturated heterocycles. The Hall–Kier alpha value is -2.48. The van der Waals surface area contributed by atoms with Gasteiger partial charge in [0.2, 0.25) is 5.91 Å². The Kier molecular flexibility index (Phi) is 4.24. The van der Waals surface area contributed by atoms with Crippen LogP contribution in [0.3, 0.4) is 0 Å². The number of ether oxygens (including phenoxy) is 1. The summed E-state index contributed by atoms with van der Waals surface area (Å²) in [6.45, 7) is 2.08. The average molecular weight is 316 g/mol. The molecule has 3 rings (SSSR count). The SMILES string of the molecule is COc1ccc(NC(=O)C(C)CN)cc1-n1nnnc1C1CC1. The average Bonchev–Trinajstić information content (AvgIpc) is 3.30. The van der Waals surface area contributed by atoms with Crippen LogP contribution in [0.25, 0.3) is 5.69 Å². The maximum atomic E-state index is 12.0. The lowest BCUT2D eigenvalue weighted by Crippen LogP contribution is -2.26. The summed E-state index contributed by atoms with van der Waals surface area (Å²) in [5.74, 6) is 1.48. The third-order valence-corrected chi connectivity index (χ3v) is 3.91. The number of rotatable bonds is 6.